The number of hydrogen-bond donors (Lipinski definition) is 0. The molecule has 1 amide bonds. The first kappa shape index (κ1) is 20.1. The van der Waals surface area contributed by atoms with Gasteiger partial charge >= 0.3 is 5.97 Å². The Morgan fingerprint density at radius 3 is 2.68 bits per heavy atom. The van der Waals surface area contributed by atoms with E-state index >= 15 is 0 Å². The van der Waals surface area contributed by atoms with Gasteiger partial charge in [-0.05, 0) is 23.9 Å². The molecule has 0 radical (unpaired) electrons. The molecule has 1 aliphatic rings. The highest BCUT2D eigenvalue weighted by molar-refractivity contribution is 7.12. The number of nitro benzene ring substituents is 1. The molecule has 0 bridgehead atoms. The van der Waals surface area contributed by atoms with Crippen molar-refractivity contribution in [2.75, 3.05) is 38.2 Å². The quantitative estimate of drug-likeness (QED) is 0.425. The molecule has 0 unspecified atom stereocenters. The molecule has 2 heterocycles. The molecule has 3 rings (SSSR count). The van der Waals surface area contributed by atoms with Crippen molar-refractivity contribution in [3.8, 4) is 0 Å². The van der Waals surface area contributed by atoms with Crippen LogP contribution in [0.3, 0.4) is 0 Å². The van der Waals surface area contributed by atoms with Crippen LogP contribution in [0.15, 0.2) is 29.6 Å². The van der Waals surface area contributed by atoms with Crippen LogP contribution in [0.4, 0.5) is 11.4 Å². The Morgan fingerprint density at radius 2 is 2.04 bits per heavy atom. The summed E-state index contributed by atoms with van der Waals surface area (Å²) in [6.45, 7) is 1.95. The van der Waals surface area contributed by atoms with Gasteiger partial charge in [0.1, 0.15) is 5.69 Å². The first-order valence-corrected chi connectivity index (χ1v) is 9.82. The highest BCUT2D eigenvalue weighted by atomic mass is 35.5. The maximum Gasteiger partial charge on any atom is 0.339 e. The third-order valence-corrected chi connectivity index (χ3v) is 5.69. The average molecular weight is 424 g/mol. The van der Waals surface area contributed by atoms with Crippen LogP contribution in [-0.4, -0.2) is 55.0 Å². The summed E-state index contributed by atoms with van der Waals surface area (Å²) in [5, 5.41) is 13.5. The molecular formula is C18H18ClN3O5S. The molecular weight excluding hydrogens is 406 g/mol. The van der Waals surface area contributed by atoms with Crippen LogP contribution in [0.5, 0.6) is 0 Å². The van der Waals surface area contributed by atoms with Crippen LogP contribution in [0.25, 0.3) is 0 Å². The van der Waals surface area contributed by atoms with Crippen molar-refractivity contribution < 1.29 is 19.2 Å². The Kier molecular flexibility index (Phi) is 6.15. The van der Waals surface area contributed by atoms with Gasteiger partial charge in [0.25, 0.3) is 11.6 Å². The van der Waals surface area contributed by atoms with Gasteiger partial charge in [-0.3, -0.25) is 14.9 Å². The number of methoxy groups -OCH3 is 1. The van der Waals surface area contributed by atoms with Crippen molar-refractivity contribution in [2.24, 2.45) is 0 Å². The lowest BCUT2D eigenvalue weighted by atomic mass is 10.1. The number of carbonyl (C=O) groups excluding carboxylic acids is 2. The molecule has 1 fully saturated rings. The zero-order valence-corrected chi connectivity index (χ0v) is 16.7. The average Bonchev–Trinajstić information content (AvgIpc) is 3.11. The number of amides is 1. The molecule has 148 valence electrons. The van der Waals surface area contributed by atoms with Crippen molar-refractivity contribution >= 4 is 46.2 Å². The topological polar surface area (TPSA) is 93.0 Å². The van der Waals surface area contributed by atoms with E-state index < -0.39 is 10.9 Å². The van der Waals surface area contributed by atoms with Crippen molar-refractivity contribution in [2.45, 2.75) is 6.42 Å². The summed E-state index contributed by atoms with van der Waals surface area (Å²) in [5.41, 5.74) is 0.0554. The maximum absolute atomic E-state index is 12.6. The van der Waals surface area contributed by atoms with E-state index in [-0.39, 0.29) is 22.2 Å². The molecule has 0 aliphatic carbocycles. The second-order valence-corrected chi connectivity index (χ2v) is 7.53. The smallest absolute Gasteiger partial charge is 0.339 e. The van der Waals surface area contributed by atoms with Gasteiger partial charge < -0.3 is 14.5 Å². The van der Waals surface area contributed by atoms with E-state index in [1.807, 2.05) is 16.3 Å². The zero-order chi connectivity index (χ0) is 20.3. The van der Waals surface area contributed by atoms with E-state index in [2.05, 4.69) is 4.74 Å². The number of esters is 1. The largest absolute Gasteiger partial charge is 0.465 e. The third-order valence-electron chi connectivity index (χ3n) is 4.52. The molecule has 1 aliphatic heterocycles. The molecule has 1 saturated heterocycles. The fraction of sp³-hybridized carbons (Fsp3) is 0.333. The number of hydrogen-bond acceptors (Lipinski definition) is 7. The standard InChI is InChI=1S/C18H18ClN3O5S/c1-27-18(24)12-10-15(22(25)26)14(11-13(12)19)20-5-3-6-21(8-7-20)17(23)16-4-2-9-28-16/h2,4,9-11H,3,5-8H2,1H3. The lowest BCUT2D eigenvalue weighted by Gasteiger charge is -2.24. The monoisotopic (exact) mass is 423 g/mol. The van der Waals surface area contributed by atoms with E-state index in [9.17, 15) is 19.7 Å². The van der Waals surface area contributed by atoms with Crippen LogP contribution < -0.4 is 4.90 Å². The fourth-order valence-electron chi connectivity index (χ4n) is 3.13. The Hall–Kier alpha value is -2.65. The normalized spacial score (nSPS) is 14.5. The minimum Gasteiger partial charge on any atom is -0.465 e. The fourth-order valence-corrected chi connectivity index (χ4v) is 4.06. The number of anilines is 1. The van der Waals surface area contributed by atoms with Gasteiger partial charge in [-0.1, -0.05) is 17.7 Å². The van der Waals surface area contributed by atoms with E-state index in [4.69, 9.17) is 11.6 Å². The molecule has 8 nitrogen and oxygen atoms in total. The van der Waals surface area contributed by atoms with Gasteiger partial charge in [-0.15, -0.1) is 11.3 Å². The maximum atomic E-state index is 12.6. The van der Waals surface area contributed by atoms with E-state index in [0.29, 0.717) is 43.2 Å². The van der Waals surface area contributed by atoms with E-state index in [1.54, 1.807) is 11.0 Å². The number of rotatable bonds is 4. The van der Waals surface area contributed by atoms with Crippen LogP contribution in [-0.2, 0) is 4.74 Å². The molecule has 2 aromatic rings. The van der Waals surface area contributed by atoms with E-state index in [1.165, 1.54) is 24.5 Å². The van der Waals surface area contributed by atoms with Crippen LogP contribution >= 0.6 is 22.9 Å². The van der Waals surface area contributed by atoms with E-state index in [0.717, 1.165) is 6.07 Å². The predicted molar refractivity (Wildman–Crippen MR) is 106 cm³/mol. The SMILES string of the molecule is COC(=O)c1cc([N+](=O)[O-])c(N2CCCN(C(=O)c3cccs3)CC2)cc1Cl. The molecule has 0 N–H and O–H groups in total. The van der Waals surface area contributed by atoms with Crippen molar-refractivity contribution in [3.63, 3.8) is 0 Å². The van der Waals surface area contributed by atoms with Gasteiger partial charge in [-0.25, -0.2) is 4.79 Å². The van der Waals surface area contributed by atoms with Gasteiger partial charge in [0, 0.05) is 32.2 Å². The van der Waals surface area contributed by atoms with Crippen molar-refractivity contribution in [1.82, 2.24) is 4.90 Å². The molecule has 0 atom stereocenters. The molecule has 1 aromatic carbocycles. The third kappa shape index (κ3) is 4.10. The summed E-state index contributed by atoms with van der Waals surface area (Å²) in [6, 6.07) is 6.17. The highest BCUT2D eigenvalue weighted by Crippen LogP contribution is 2.35. The van der Waals surface area contributed by atoms with Crippen LogP contribution in [0.2, 0.25) is 5.02 Å². The first-order chi connectivity index (χ1) is 13.4. The summed E-state index contributed by atoms with van der Waals surface area (Å²) in [4.78, 5) is 39.7. The molecule has 0 saturated carbocycles. The second-order valence-electron chi connectivity index (χ2n) is 6.18. The summed E-state index contributed by atoms with van der Waals surface area (Å²) in [5.74, 6) is -0.770. The van der Waals surface area contributed by atoms with Crippen molar-refractivity contribution in [1.29, 1.82) is 0 Å². The molecule has 0 spiro atoms. The second kappa shape index (κ2) is 8.57. The minimum atomic E-state index is -0.733. The van der Waals surface area contributed by atoms with Gasteiger partial charge in [0.15, 0.2) is 0 Å². The number of carbonyl (C=O) groups is 2. The summed E-state index contributed by atoms with van der Waals surface area (Å²) < 4.78 is 4.63. The Bertz CT molecular complexity index is 903. The van der Waals surface area contributed by atoms with Gasteiger partial charge in [0.2, 0.25) is 0 Å². The number of nitro groups is 1. The lowest BCUT2D eigenvalue weighted by Crippen LogP contribution is -2.35. The summed E-state index contributed by atoms with van der Waals surface area (Å²) in [7, 11) is 1.19. The van der Waals surface area contributed by atoms with Gasteiger partial charge in [0.05, 0.1) is 27.5 Å². The minimum absolute atomic E-state index is 0.0366. The van der Waals surface area contributed by atoms with Crippen LogP contribution in [0.1, 0.15) is 26.5 Å². The first-order valence-electron chi connectivity index (χ1n) is 8.56. The summed E-state index contributed by atoms with van der Waals surface area (Å²) >= 11 is 7.56. The lowest BCUT2D eigenvalue weighted by molar-refractivity contribution is -0.384. The number of halogens is 1. The summed E-state index contributed by atoms with van der Waals surface area (Å²) in [6.07, 6.45) is 0.657. The van der Waals surface area contributed by atoms with Crippen molar-refractivity contribution in [3.05, 3.63) is 55.2 Å². The molecule has 28 heavy (non-hydrogen) atoms. The predicted octanol–water partition coefficient (Wildman–Crippen LogP) is 3.45. The Morgan fingerprint density at radius 1 is 1.25 bits per heavy atom. The molecule has 10 heteroatoms. The Labute approximate surface area is 170 Å². The number of thiophene rings is 1. The number of ether oxygens (including phenoxy) is 1. The molecule has 1 aromatic heterocycles. The zero-order valence-electron chi connectivity index (χ0n) is 15.1. The Balaban J connectivity index is 1.85. The number of nitrogens with zero attached hydrogens (tertiary/aromatic N) is 3. The van der Waals surface area contributed by atoms with Gasteiger partial charge in [-0.2, -0.15) is 0 Å². The highest BCUT2D eigenvalue weighted by Gasteiger charge is 2.27. The van der Waals surface area contributed by atoms with Crippen LogP contribution in [0, 0.1) is 10.1 Å². The number of benzene rings is 1.